The topological polar surface area (TPSA) is 101 Å². The van der Waals surface area contributed by atoms with Crippen LogP contribution in [0.4, 0.5) is 5.82 Å². The molecule has 0 radical (unpaired) electrons. The van der Waals surface area contributed by atoms with Gasteiger partial charge in [-0.05, 0) is 63.6 Å². The number of pyridine rings is 1. The number of rotatable bonds is 15. The lowest BCUT2D eigenvalue weighted by atomic mass is 10.1. The van der Waals surface area contributed by atoms with Crippen molar-refractivity contribution in [2.45, 2.75) is 58.5 Å². The third-order valence-electron chi connectivity index (χ3n) is 7.13. The number of carboxylic acids is 1. The Morgan fingerprint density at radius 3 is 2.51 bits per heavy atom. The number of aryl methyl sites for hydroxylation is 2. The van der Waals surface area contributed by atoms with E-state index in [1.165, 1.54) is 0 Å². The monoisotopic (exact) mass is 530 g/mol. The Morgan fingerprint density at radius 2 is 1.74 bits per heavy atom. The number of benzene rings is 2. The van der Waals surface area contributed by atoms with Gasteiger partial charge < -0.3 is 20.3 Å². The highest BCUT2D eigenvalue weighted by atomic mass is 16.4. The number of imidazole rings is 1. The molecular weight excluding hydrogens is 488 g/mol. The van der Waals surface area contributed by atoms with Crippen LogP contribution in [0.1, 0.15) is 49.6 Å². The van der Waals surface area contributed by atoms with Crippen molar-refractivity contribution in [2.24, 2.45) is 0 Å². The van der Waals surface area contributed by atoms with E-state index in [0.717, 1.165) is 104 Å². The zero-order chi connectivity index (χ0) is 27.8. The molecule has 0 saturated carbocycles. The van der Waals surface area contributed by atoms with Crippen LogP contribution < -0.4 is 5.73 Å². The summed E-state index contributed by atoms with van der Waals surface area (Å²) < 4.78 is 2.37. The second-order valence-corrected chi connectivity index (χ2v) is 10.7. The molecule has 0 saturated heterocycles. The van der Waals surface area contributed by atoms with Gasteiger partial charge >= 0.3 is 5.97 Å². The van der Waals surface area contributed by atoms with E-state index >= 15 is 0 Å². The molecule has 0 bridgehead atoms. The molecule has 39 heavy (non-hydrogen) atoms. The number of unbranched alkanes of at least 4 members (excludes halogenated alkanes) is 1. The second kappa shape index (κ2) is 13.5. The maximum atomic E-state index is 11.2. The van der Waals surface area contributed by atoms with Gasteiger partial charge in [-0.2, -0.15) is 0 Å². The minimum Gasteiger partial charge on any atom is -0.481 e. The van der Waals surface area contributed by atoms with Crippen molar-refractivity contribution in [3.8, 4) is 0 Å². The number of nitrogen functional groups attached to an aromatic ring is 1. The molecule has 0 aliphatic carbocycles. The van der Waals surface area contributed by atoms with Crippen LogP contribution in [0.2, 0.25) is 0 Å². The van der Waals surface area contributed by atoms with Crippen molar-refractivity contribution in [1.82, 2.24) is 24.3 Å². The van der Waals surface area contributed by atoms with E-state index in [1.54, 1.807) is 0 Å². The third-order valence-corrected chi connectivity index (χ3v) is 7.13. The van der Waals surface area contributed by atoms with Gasteiger partial charge in [-0.1, -0.05) is 55.8 Å². The Morgan fingerprint density at radius 1 is 0.974 bits per heavy atom. The van der Waals surface area contributed by atoms with Crippen LogP contribution >= 0.6 is 0 Å². The van der Waals surface area contributed by atoms with E-state index in [9.17, 15) is 9.90 Å². The van der Waals surface area contributed by atoms with Gasteiger partial charge in [0, 0.05) is 31.4 Å². The SMILES string of the molecule is CCCCc1nc2c(N)nc3ccccc3c2n1CCCN(CCCN(C)C)Cc1cccc(CC(=O)O)c1. The summed E-state index contributed by atoms with van der Waals surface area (Å²) in [6.07, 6.45) is 5.20. The fourth-order valence-corrected chi connectivity index (χ4v) is 5.28. The number of carboxylic acid groups (broad SMARTS) is 1. The first-order valence-corrected chi connectivity index (χ1v) is 14.1. The van der Waals surface area contributed by atoms with Gasteiger partial charge in [-0.25, -0.2) is 9.97 Å². The van der Waals surface area contributed by atoms with Crippen molar-refractivity contribution >= 4 is 33.7 Å². The first-order chi connectivity index (χ1) is 18.9. The zero-order valence-electron chi connectivity index (χ0n) is 23.6. The maximum absolute atomic E-state index is 11.2. The molecule has 0 amide bonds. The van der Waals surface area contributed by atoms with Gasteiger partial charge in [0.1, 0.15) is 11.3 Å². The van der Waals surface area contributed by atoms with Crippen LogP contribution in [0.15, 0.2) is 48.5 Å². The largest absolute Gasteiger partial charge is 0.481 e. The van der Waals surface area contributed by atoms with E-state index in [4.69, 9.17) is 10.7 Å². The van der Waals surface area contributed by atoms with E-state index < -0.39 is 5.97 Å². The molecule has 0 unspecified atom stereocenters. The molecule has 208 valence electrons. The predicted molar refractivity (Wildman–Crippen MR) is 159 cm³/mol. The molecule has 2 aromatic carbocycles. The van der Waals surface area contributed by atoms with E-state index in [2.05, 4.69) is 52.5 Å². The van der Waals surface area contributed by atoms with Gasteiger partial charge in [0.2, 0.25) is 0 Å². The van der Waals surface area contributed by atoms with Crippen LogP contribution in [-0.2, 0) is 30.7 Å². The standard InChI is InChI=1S/C31H42N6O2/c1-4-5-15-27-34-29-30(25-13-6-7-14-26(25)33-31(29)32)37(27)19-10-18-36(17-9-16-35(2)3)22-24-12-8-11-23(20-24)21-28(38)39/h6-8,11-14,20H,4-5,9-10,15-19,21-22H2,1-3H3,(H2,32,33)(H,38,39). The molecule has 0 fully saturated rings. The average Bonchev–Trinajstić information content (AvgIpc) is 3.26. The number of hydrogen-bond donors (Lipinski definition) is 2. The second-order valence-electron chi connectivity index (χ2n) is 10.7. The third kappa shape index (κ3) is 7.55. The Balaban J connectivity index is 1.56. The van der Waals surface area contributed by atoms with Crippen molar-refractivity contribution in [3.63, 3.8) is 0 Å². The van der Waals surface area contributed by atoms with Crippen LogP contribution in [0.5, 0.6) is 0 Å². The molecule has 4 rings (SSSR count). The summed E-state index contributed by atoms with van der Waals surface area (Å²) in [4.78, 5) is 25.5. The number of carbonyl (C=O) groups is 1. The van der Waals surface area contributed by atoms with Crippen LogP contribution in [0, 0.1) is 0 Å². The average molecular weight is 531 g/mol. The normalized spacial score (nSPS) is 11.8. The predicted octanol–water partition coefficient (Wildman–Crippen LogP) is 4.98. The van der Waals surface area contributed by atoms with Crippen molar-refractivity contribution < 1.29 is 9.90 Å². The lowest BCUT2D eigenvalue weighted by Gasteiger charge is -2.24. The lowest BCUT2D eigenvalue weighted by molar-refractivity contribution is -0.136. The molecular formula is C31H42N6O2. The highest BCUT2D eigenvalue weighted by molar-refractivity contribution is 6.06. The Kier molecular flexibility index (Phi) is 9.90. The van der Waals surface area contributed by atoms with Gasteiger partial charge in [-0.15, -0.1) is 0 Å². The van der Waals surface area contributed by atoms with Gasteiger partial charge in [0.25, 0.3) is 0 Å². The quantitative estimate of drug-likeness (QED) is 0.224. The number of aliphatic carboxylic acids is 1. The first kappa shape index (κ1) is 28.5. The number of hydrogen-bond acceptors (Lipinski definition) is 6. The summed E-state index contributed by atoms with van der Waals surface area (Å²) in [5.74, 6) is 0.772. The number of nitrogens with two attached hydrogens (primary N) is 1. The minimum atomic E-state index is -0.801. The van der Waals surface area contributed by atoms with Crippen molar-refractivity contribution in [3.05, 3.63) is 65.5 Å². The van der Waals surface area contributed by atoms with E-state index in [1.807, 2.05) is 36.4 Å². The number of fused-ring (bicyclic) bond motifs is 3. The van der Waals surface area contributed by atoms with Crippen molar-refractivity contribution in [2.75, 3.05) is 39.5 Å². The fraction of sp³-hybridized carbons (Fsp3) is 0.452. The smallest absolute Gasteiger partial charge is 0.307 e. The van der Waals surface area contributed by atoms with Gasteiger partial charge in [0.15, 0.2) is 5.82 Å². The summed E-state index contributed by atoms with van der Waals surface area (Å²) in [5, 5.41) is 10.3. The number of para-hydroxylation sites is 1. The summed E-state index contributed by atoms with van der Waals surface area (Å²) in [7, 11) is 4.21. The molecule has 2 aromatic heterocycles. The summed E-state index contributed by atoms with van der Waals surface area (Å²) in [5.41, 5.74) is 11.2. The molecule has 4 aromatic rings. The maximum Gasteiger partial charge on any atom is 0.307 e. The molecule has 0 spiro atoms. The molecule has 0 aliphatic rings. The van der Waals surface area contributed by atoms with Gasteiger partial charge in [-0.3, -0.25) is 9.69 Å². The first-order valence-electron chi connectivity index (χ1n) is 14.1. The zero-order valence-corrected chi connectivity index (χ0v) is 23.6. The summed E-state index contributed by atoms with van der Waals surface area (Å²) >= 11 is 0. The molecule has 8 heteroatoms. The number of anilines is 1. The Bertz CT molecular complexity index is 1400. The van der Waals surface area contributed by atoms with Gasteiger partial charge in [0.05, 0.1) is 17.5 Å². The highest BCUT2D eigenvalue weighted by Gasteiger charge is 2.17. The highest BCUT2D eigenvalue weighted by Crippen LogP contribution is 2.29. The lowest BCUT2D eigenvalue weighted by Crippen LogP contribution is -2.29. The number of nitrogens with zero attached hydrogens (tertiary/aromatic N) is 5. The number of aromatic nitrogens is 3. The van der Waals surface area contributed by atoms with Crippen molar-refractivity contribution in [1.29, 1.82) is 0 Å². The Labute approximate surface area is 231 Å². The van der Waals surface area contributed by atoms with Crippen LogP contribution in [0.3, 0.4) is 0 Å². The van der Waals surface area contributed by atoms with Crippen LogP contribution in [0.25, 0.3) is 21.9 Å². The van der Waals surface area contributed by atoms with Crippen LogP contribution in [-0.4, -0.2) is 69.1 Å². The molecule has 0 atom stereocenters. The van der Waals surface area contributed by atoms with E-state index in [0.29, 0.717) is 5.82 Å². The molecule has 0 aliphatic heterocycles. The fourth-order valence-electron chi connectivity index (χ4n) is 5.28. The Hall–Kier alpha value is -3.49. The summed E-state index contributed by atoms with van der Waals surface area (Å²) in [6, 6.07) is 16.2. The molecule has 3 N–H and O–H groups in total. The van der Waals surface area contributed by atoms with E-state index in [-0.39, 0.29) is 6.42 Å². The summed E-state index contributed by atoms with van der Waals surface area (Å²) in [6.45, 7) is 6.80. The minimum absolute atomic E-state index is 0.0503. The molecule has 8 nitrogen and oxygen atoms in total. The molecule has 2 heterocycles.